The van der Waals surface area contributed by atoms with Crippen LogP contribution in [-0.4, -0.2) is 25.1 Å². The maximum Gasteiger partial charge on any atom is 0.189 e. The number of nitrogens with one attached hydrogen (secondary N) is 2. The van der Waals surface area contributed by atoms with E-state index in [2.05, 4.69) is 44.4 Å². The van der Waals surface area contributed by atoms with Gasteiger partial charge in [-0.15, -0.1) is 0 Å². The first-order valence-electron chi connectivity index (χ1n) is 5.07. The van der Waals surface area contributed by atoms with Gasteiger partial charge in [-0.3, -0.25) is 5.10 Å². The molecule has 2 rings (SSSR count). The third-order valence-corrected chi connectivity index (χ3v) is 3.06. The monoisotopic (exact) mass is 251 g/mol. The maximum absolute atomic E-state index is 5.45. The van der Waals surface area contributed by atoms with Crippen molar-refractivity contribution in [1.29, 1.82) is 0 Å². The van der Waals surface area contributed by atoms with Crippen LogP contribution < -0.4 is 11.3 Å². The summed E-state index contributed by atoms with van der Waals surface area (Å²) in [7, 11) is 0. The first kappa shape index (κ1) is 11.8. The van der Waals surface area contributed by atoms with E-state index in [1.807, 2.05) is 0 Å². The van der Waals surface area contributed by atoms with Gasteiger partial charge in [0.1, 0.15) is 23.5 Å². The van der Waals surface area contributed by atoms with Gasteiger partial charge in [0.25, 0.3) is 0 Å². The molecular formula is C9H13N7S. The van der Waals surface area contributed by atoms with E-state index in [4.69, 9.17) is 5.84 Å². The molecule has 0 saturated heterocycles. The molecule has 0 radical (unpaired) electrons. The van der Waals surface area contributed by atoms with Crippen molar-refractivity contribution in [3.63, 3.8) is 0 Å². The van der Waals surface area contributed by atoms with E-state index >= 15 is 0 Å². The third-order valence-electron chi connectivity index (χ3n) is 2.15. The van der Waals surface area contributed by atoms with E-state index in [1.165, 1.54) is 24.4 Å². The number of hydrogen-bond acceptors (Lipinski definition) is 7. The Morgan fingerprint density at radius 3 is 2.71 bits per heavy atom. The van der Waals surface area contributed by atoms with Crippen molar-refractivity contribution in [3.8, 4) is 0 Å². The highest BCUT2D eigenvalue weighted by atomic mass is 32.2. The van der Waals surface area contributed by atoms with Gasteiger partial charge in [0.05, 0.1) is 0 Å². The lowest BCUT2D eigenvalue weighted by Gasteiger charge is -2.13. The largest absolute Gasteiger partial charge is 0.308 e. The van der Waals surface area contributed by atoms with Gasteiger partial charge in [-0.25, -0.2) is 20.8 Å². The molecule has 2 heterocycles. The van der Waals surface area contributed by atoms with Crippen LogP contribution in [0, 0.1) is 0 Å². The van der Waals surface area contributed by atoms with Crippen LogP contribution in [0.3, 0.4) is 0 Å². The van der Waals surface area contributed by atoms with Crippen molar-refractivity contribution in [1.82, 2.24) is 25.1 Å². The Hall–Kier alpha value is -1.67. The number of rotatable bonds is 4. The number of hydrazine groups is 1. The van der Waals surface area contributed by atoms with Crippen LogP contribution in [0.4, 0.5) is 5.82 Å². The lowest BCUT2D eigenvalue weighted by molar-refractivity contribution is 0.802. The van der Waals surface area contributed by atoms with Crippen molar-refractivity contribution in [2.75, 3.05) is 5.43 Å². The number of aromatic nitrogens is 5. The maximum atomic E-state index is 5.45. The summed E-state index contributed by atoms with van der Waals surface area (Å²) in [6.45, 7) is 4.12. The third kappa shape index (κ3) is 2.53. The smallest absolute Gasteiger partial charge is 0.189 e. The van der Waals surface area contributed by atoms with E-state index in [-0.39, 0.29) is 5.92 Å². The Bertz CT molecular complexity index is 482. The quantitative estimate of drug-likeness (QED) is 0.425. The Morgan fingerprint density at radius 1 is 1.29 bits per heavy atom. The van der Waals surface area contributed by atoms with E-state index < -0.39 is 0 Å². The number of anilines is 1. The second-order valence-electron chi connectivity index (χ2n) is 3.63. The normalized spacial score (nSPS) is 10.8. The van der Waals surface area contributed by atoms with Crippen LogP contribution in [0.25, 0.3) is 0 Å². The second kappa shape index (κ2) is 5.11. The molecule has 0 bridgehead atoms. The first-order chi connectivity index (χ1) is 8.22. The van der Waals surface area contributed by atoms with E-state index in [0.29, 0.717) is 11.0 Å². The Labute approximate surface area is 103 Å². The van der Waals surface area contributed by atoms with Crippen LogP contribution in [0.1, 0.15) is 25.3 Å². The van der Waals surface area contributed by atoms with Crippen LogP contribution in [0.5, 0.6) is 0 Å². The van der Waals surface area contributed by atoms with Gasteiger partial charge in [-0.1, -0.05) is 13.8 Å². The Kier molecular flexibility index (Phi) is 3.55. The molecule has 0 aliphatic carbocycles. The highest BCUT2D eigenvalue weighted by Crippen LogP contribution is 2.33. The minimum absolute atomic E-state index is 0.257. The SMILES string of the molecule is CC(C)c1c(NN)ncnc1Sc1ncn[nH]1. The predicted octanol–water partition coefficient (Wildman–Crippen LogP) is 1.15. The molecule has 0 atom stereocenters. The molecule has 0 aromatic carbocycles. The van der Waals surface area contributed by atoms with E-state index in [9.17, 15) is 0 Å². The van der Waals surface area contributed by atoms with Crippen LogP contribution in [0.2, 0.25) is 0 Å². The minimum Gasteiger partial charge on any atom is -0.308 e. The summed E-state index contributed by atoms with van der Waals surface area (Å²) in [5.74, 6) is 6.34. The van der Waals surface area contributed by atoms with Crippen molar-refractivity contribution in [2.45, 2.75) is 29.9 Å². The van der Waals surface area contributed by atoms with Crippen molar-refractivity contribution < 1.29 is 0 Å². The summed E-state index contributed by atoms with van der Waals surface area (Å²) < 4.78 is 0. The summed E-state index contributed by atoms with van der Waals surface area (Å²) >= 11 is 1.40. The fraction of sp³-hybridized carbons (Fsp3) is 0.333. The zero-order chi connectivity index (χ0) is 12.3. The Balaban J connectivity index is 2.39. The molecule has 7 nitrogen and oxygen atoms in total. The Morgan fingerprint density at radius 2 is 2.12 bits per heavy atom. The zero-order valence-electron chi connectivity index (χ0n) is 9.51. The van der Waals surface area contributed by atoms with Gasteiger partial charge in [-0.2, -0.15) is 5.10 Å². The van der Waals surface area contributed by atoms with Gasteiger partial charge in [0, 0.05) is 5.56 Å². The molecule has 17 heavy (non-hydrogen) atoms. The van der Waals surface area contributed by atoms with Crippen LogP contribution >= 0.6 is 11.8 Å². The molecular weight excluding hydrogens is 238 g/mol. The minimum atomic E-state index is 0.257. The standard InChI is InChI=1S/C9H13N7S/c1-5(2)6-7(15-10)11-3-12-8(6)17-9-13-4-14-16-9/h3-5H,10H2,1-2H3,(H,11,12,15)(H,13,14,16). The molecule has 0 saturated carbocycles. The van der Waals surface area contributed by atoms with Gasteiger partial charge >= 0.3 is 0 Å². The summed E-state index contributed by atoms with van der Waals surface area (Å²) in [6, 6.07) is 0. The lowest BCUT2D eigenvalue weighted by Crippen LogP contribution is -2.13. The van der Waals surface area contributed by atoms with Crippen LogP contribution in [0.15, 0.2) is 22.8 Å². The molecule has 2 aromatic rings. The number of aromatic amines is 1. The molecule has 90 valence electrons. The lowest BCUT2D eigenvalue weighted by atomic mass is 10.1. The first-order valence-corrected chi connectivity index (χ1v) is 5.88. The van der Waals surface area contributed by atoms with Gasteiger partial charge < -0.3 is 5.43 Å². The molecule has 0 unspecified atom stereocenters. The molecule has 0 fully saturated rings. The molecule has 0 amide bonds. The molecule has 4 N–H and O–H groups in total. The fourth-order valence-corrected chi connectivity index (χ4v) is 2.35. The second-order valence-corrected chi connectivity index (χ2v) is 4.61. The number of hydrogen-bond donors (Lipinski definition) is 3. The predicted molar refractivity (Wildman–Crippen MR) is 64.4 cm³/mol. The summed E-state index contributed by atoms with van der Waals surface area (Å²) in [5, 5.41) is 8.08. The van der Waals surface area contributed by atoms with E-state index in [0.717, 1.165) is 10.6 Å². The van der Waals surface area contributed by atoms with Gasteiger partial charge in [-0.05, 0) is 17.7 Å². The topological polar surface area (TPSA) is 105 Å². The number of nitrogens with zero attached hydrogens (tertiary/aromatic N) is 4. The van der Waals surface area contributed by atoms with Gasteiger partial charge in [0.2, 0.25) is 0 Å². The van der Waals surface area contributed by atoms with Gasteiger partial charge in [0.15, 0.2) is 5.16 Å². The highest BCUT2D eigenvalue weighted by molar-refractivity contribution is 7.99. The van der Waals surface area contributed by atoms with Crippen LogP contribution in [-0.2, 0) is 0 Å². The zero-order valence-corrected chi connectivity index (χ0v) is 10.3. The molecule has 0 aliphatic rings. The van der Waals surface area contributed by atoms with Crippen molar-refractivity contribution in [3.05, 3.63) is 18.2 Å². The summed E-state index contributed by atoms with van der Waals surface area (Å²) in [6.07, 6.45) is 2.93. The summed E-state index contributed by atoms with van der Waals surface area (Å²) in [4.78, 5) is 12.4. The fourth-order valence-electron chi connectivity index (χ4n) is 1.43. The number of nitrogens with two attached hydrogens (primary N) is 1. The number of nitrogen functional groups attached to an aromatic ring is 1. The number of H-pyrrole nitrogens is 1. The molecule has 0 spiro atoms. The molecule has 0 aliphatic heterocycles. The van der Waals surface area contributed by atoms with Crippen molar-refractivity contribution in [2.24, 2.45) is 5.84 Å². The average Bonchev–Trinajstić information content (AvgIpc) is 2.81. The van der Waals surface area contributed by atoms with Crippen molar-refractivity contribution >= 4 is 17.6 Å². The molecule has 8 heteroatoms. The average molecular weight is 251 g/mol. The highest BCUT2D eigenvalue weighted by Gasteiger charge is 2.16. The summed E-state index contributed by atoms with van der Waals surface area (Å²) in [5.41, 5.74) is 3.56. The van der Waals surface area contributed by atoms with E-state index in [1.54, 1.807) is 0 Å². The molecule has 2 aromatic heterocycles.